The van der Waals surface area contributed by atoms with Crippen molar-refractivity contribution >= 4 is 44.9 Å². The Balaban J connectivity index is 0.000000176. The lowest BCUT2D eigenvalue weighted by Crippen LogP contribution is -2.49. The standard InChI is InChI=1S/C32H40N2O2.C30H39N3O2/c1-31(2,3)26-13-12-23-8-7-11-29(28(23)20-26)33-21-30(35)34-27-18-24(19-27)22-14-16-32(36,17-15-22)25-9-5-4-6-10-25;1-29(2,3)24-9-8-21-12-15-31-28(26(21)18-24)32-19-27(34)33-25-16-22(17-25)20-10-13-30(35,14-11-20)23-6-4-5-7-23/h4-13,20,22,24,27,33,36H,14-19,21H2,1-3H3,(H,34,35);4-6,8-9,12,15,18,20,22,25,35H,7,10-11,13-14,16-17,19H2,1-3H3,(H,31,32)(H,33,34). The van der Waals surface area contributed by atoms with Gasteiger partial charge in [0.25, 0.3) is 0 Å². The normalized spacial score (nSPS) is 27.4. The summed E-state index contributed by atoms with van der Waals surface area (Å²) in [6, 6.07) is 32.0. The number of carbonyl (C=O) groups is 2. The van der Waals surface area contributed by atoms with Crippen molar-refractivity contribution in [2.45, 2.75) is 159 Å². The number of hydrogen-bond acceptors (Lipinski definition) is 7. The third kappa shape index (κ3) is 11.9. The summed E-state index contributed by atoms with van der Waals surface area (Å²) in [4.78, 5) is 29.9. The summed E-state index contributed by atoms with van der Waals surface area (Å²) in [5.41, 5.74) is 4.67. The van der Waals surface area contributed by atoms with Crippen molar-refractivity contribution in [3.8, 4) is 0 Å². The molecule has 376 valence electrons. The molecule has 6 N–H and O–H groups in total. The Bertz CT molecular complexity index is 2720. The van der Waals surface area contributed by atoms with E-state index in [-0.39, 0.29) is 47.8 Å². The Hall–Kier alpha value is -5.51. The van der Waals surface area contributed by atoms with E-state index >= 15 is 0 Å². The number of pyridine rings is 1. The topological polar surface area (TPSA) is 136 Å². The van der Waals surface area contributed by atoms with Crippen LogP contribution < -0.4 is 21.3 Å². The van der Waals surface area contributed by atoms with E-state index in [4.69, 9.17) is 0 Å². The summed E-state index contributed by atoms with van der Waals surface area (Å²) >= 11 is 0. The molecule has 0 unspecified atom stereocenters. The van der Waals surface area contributed by atoms with Gasteiger partial charge >= 0.3 is 0 Å². The van der Waals surface area contributed by atoms with Crippen LogP contribution in [0.3, 0.4) is 0 Å². The summed E-state index contributed by atoms with van der Waals surface area (Å²) in [7, 11) is 0. The van der Waals surface area contributed by atoms with Crippen LogP contribution in [0.15, 0.2) is 121 Å². The molecule has 0 spiro atoms. The van der Waals surface area contributed by atoms with Crippen molar-refractivity contribution in [2.24, 2.45) is 23.7 Å². The number of aromatic nitrogens is 1. The summed E-state index contributed by atoms with van der Waals surface area (Å²) in [6.45, 7) is 13.8. The van der Waals surface area contributed by atoms with Crippen molar-refractivity contribution in [1.82, 2.24) is 15.6 Å². The van der Waals surface area contributed by atoms with E-state index < -0.39 is 11.2 Å². The molecular formula is C62H79N5O4. The highest BCUT2D eigenvalue weighted by Crippen LogP contribution is 2.48. The lowest BCUT2D eigenvalue weighted by atomic mass is 9.64. The number of anilines is 2. The number of hydrogen-bond donors (Lipinski definition) is 6. The van der Waals surface area contributed by atoms with E-state index in [9.17, 15) is 19.8 Å². The smallest absolute Gasteiger partial charge is 0.239 e. The molecule has 0 aliphatic heterocycles. The first-order valence-electron chi connectivity index (χ1n) is 26.8. The third-order valence-corrected chi connectivity index (χ3v) is 17.0. The van der Waals surface area contributed by atoms with Crippen LogP contribution in [0.2, 0.25) is 0 Å². The monoisotopic (exact) mass is 958 g/mol. The van der Waals surface area contributed by atoms with Gasteiger partial charge in [0.15, 0.2) is 0 Å². The van der Waals surface area contributed by atoms with Gasteiger partial charge in [-0.1, -0.05) is 127 Å². The first kappa shape index (κ1) is 50.4. The zero-order valence-electron chi connectivity index (χ0n) is 43.2. The Morgan fingerprint density at radius 1 is 0.606 bits per heavy atom. The van der Waals surface area contributed by atoms with Crippen LogP contribution in [-0.4, -0.2) is 57.8 Å². The maximum absolute atomic E-state index is 12.7. The van der Waals surface area contributed by atoms with Crippen LogP contribution in [0.25, 0.3) is 21.5 Å². The van der Waals surface area contributed by atoms with Crippen LogP contribution in [0.5, 0.6) is 0 Å². The van der Waals surface area contributed by atoms with Crippen molar-refractivity contribution in [2.75, 3.05) is 23.7 Å². The van der Waals surface area contributed by atoms with Crippen LogP contribution in [0.4, 0.5) is 11.5 Å². The number of aliphatic hydroxyl groups is 2. The highest BCUT2D eigenvalue weighted by atomic mass is 16.3. The van der Waals surface area contributed by atoms with E-state index in [1.165, 1.54) is 22.1 Å². The summed E-state index contributed by atoms with van der Waals surface area (Å²) in [6.07, 6.45) is 20.9. The van der Waals surface area contributed by atoms with E-state index in [2.05, 4.69) is 135 Å². The van der Waals surface area contributed by atoms with Gasteiger partial charge in [-0.05, 0) is 175 Å². The second kappa shape index (κ2) is 20.9. The summed E-state index contributed by atoms with van der Waals surface area (Å²) in [5, 5.41) is 39.7. The fourth-order valence-electron chi connectivity index (χ4n) is 12.2. The van der Waals surface area contributed by atoms with Crippen molar-refractivity contribution < 1.29 is 19.8 Å². The second-order valence-corrected chi connectivity index (χ2v) is 24.0. The maximum atomic E-state index is 12.7. The van der Waals surface area contributed by atoms with Gasteiger partial charge in [-0.2, -0.15) is 0 Å². The lowest BCUT2D eigenvalue weighted by Gasteiger charge is -2.45. The number of rotatable bonds is 12. The van der Waals surface area contributed by atoms with Gasteiger partial charge in [0, 0.05) is 34.7 Å². The van der Waals surface area contributed by atoms with E-state index in [0.29, 0.717) is 23.7 Å². The molecule has 0 saturated heterocycles. The fraction of sp³-hybridized carbons (Fsp3) is 0.500. The Kier molecular flexibility index (Phi) is 14.9. The molecule has 0 bridgehead atoms. The number of amides is 2. The highest BCUT2D eigenvalue weighted by Gasteiger charge is 2.43. The largest absolute Gasteiger partial charge is 0.385 e. The van der Waals surface area contributed by atoms with Gasteiger partial charge in [-0.3, -0.25) is 9.59 Å². The van der Waals surface area contributed by atoms with Gasteiger partial charge < -0.3 is 31.5 Å². The molecule has 9 heteroatoms. The minimum absolute atomic E-state index is 0.0259. The van der Waals surface area contributed by atoms with Crippen LogP contribution >= 0.6 is 0 Å². The highest BCUT2D eigenvalue weighted by molar-refractivity contribution is 5.96. The number of carbonyl (C=O) groups excluding carboxylic acids is 2. The predicted octanol–water partition coefficient (Wildman–Crippen LogP) is 12.2. The molecule has 4 saturated carbocycles. The third-order valence-electron chi connectivity index (χ3n) is 17.0. The maximum Gasteiger partial charge on any atom is 0.239 e. The van der Waals surface area contributed by atoms with Crippen LogP contribution in [0, 0.1) is 23.7 Å². The molecule has 5 aromatic rings. The molecule has 0 atom stereocenters. The molecule has 2 amide bonds. The fourth-order valence-corrected chi connectivity index (χ4v) is 12.2. The molecule has 5 aliphatic carbocycles. The van der Waals surface area contributed by atoms with E-state index in [0.717, 1.165) is 117 Å². The Morgan fingerprint density at radius 2 is 1.14 bits per heavy atom. The summed E-state index contributed by atoms with van der Waals surface area (Å²) in [5.74, 6) is 3.52. The number of nitrogens with zero attached hydrogens (tertiary/aromatic N) is 1. The second-order valence-electron chi connectivity index (χ2n) is 24.0. The van der Waals surface area contributed by atoms with E-state index in [1.807, 2.05) is 42.5 Å². The first-order valence-corrected chi connectivity index (χ1v) is 26.8. The van der Waals surface area contributed by atoms with E-state index in [1.54, 1.807) is 6.20 Å². The van der Waals surface area contributed by atoms with Gasteiger partial charge in [0.2, 0.25) is 11.8 Å². The zero-order valence-corrected chi connectivity index (χ0v) is 43.2. The average Bonchev–Trinajstić information content (AvgIpc) is 3.89. The number of fused-ring (bicyclic) bond motifs is 2. The van der Waals surface area contributed by atoms with Gasteiger partial charge in [0.05, 0.1) is 24.3 Å². The van der Waals surface area contributed by atoms with Gasteiger partial charge in [0.1, 0.15) is 5.82 Å². The van der Waals surface area contributed by atoms with Crippen molar-refractivity contribution in [1.29, 1.82) is 0 Å². The van der Waals surface area contributed by atoms with Crippen molar-refractivity contribution in [3.63, 3.8) is 0 Å². The minimum atomic E-state index is -0.671. The predicted molar refractivity (Wildman–Crippen MR) is 290 cm³/mol. The van der Waals surface area contributed by atoms with Crippen molar-refractivity contribution in [3.05, 3.63) is 138 Å². The molecule has 71 heavy (non-hydrogen) atoms. The Morgan fingerprint density at radius 3 is 1.69 bits per heavy atom. The van der Waals surface area contributed by atoms with Gasteiger partial charge in [-0.25, -0.2) is 4.98 Å². The molecule has 4 fully saturated rings. The first-order chi connectivity index (χ1) is 33.9. The summed E-state index contributed by atoms with van der Waals surface area (Å²) < 4.78 is 0. The number of benzene rings is 4. The van der Waals surface area contributed by atoms with Crippen LogP contribution in [0.1, 0.15) is 142 Å². The average molecular weight is 958 g/mol. The SMILES string of the molecule is CC(C)(C)c1ccc2cccc(NCC(=O)NC3CC(C4CCC(O)(c5ccccc5)CC4)C3)c2c1.CC(C)(C)c1ccc2ccnc(NCC(=O)NC3CC(C4CCC(O)(C5=CC=CC5)CC4)C3)c2c1. The molecule has 9 nitrogen and oxygen atoms in total. The molecule has 5 aliphatic rings. The molecule has 4 aromatic carbocycles. The Labute approximate surface area is 422 Å². The minimum Gasteiger partial charge on any atom is -0.385 e. The lowest BCUT2D eigenvalue weighted by molar-refractivity contribution is -0.122. The zero-order chi connectivity index (χ0) is 50.0. The molecular weight excluding hydrogens is 879 g/mol. The molecule has 1 aromatic heterocycles. The number of allylic oxidation sites excluding steroid dienone is 3. The number of nitrogens with one attached hydrogen (secondary N) is 4. The molecule has 0 radical (unpaired) electrons. The van der Waals surface area contributed by atoms with Gasteiger partial charge in [-0.15, -0.1) is 0 Å². The van der Waals surface area contributed by atoms with Crippen LogP contribution in [-0.2, 0) is 26.0 Å². The molecule has 10 rings (SSSR count). The molecule has 1 heterocycles. The quantitative estimate of drug-likeness (QED) is 0.0733.